The van der Waals surface area contributed by atoms with Crippen LogP contribution in [0.2, 0.25) is 0 Å². The van der Waals surface area contributed by atoms with Crippen molar-refractivity contribution in [2.24, 2.45) is 0 Å². The summed E-state index contributed by atoms with van der Waals surface area (Å²) in [5.74, 6) is -1.96. The highest BCUT2D eigenvalue weighted by atomic mass is 127. The van der Waals surface area contributed by atoms with Crippen molar-refractivity contribution >= 4 is 40.1 Å². The Labute approximate surface area is 157 Å². The summed E-state index contributed by atoms with van der Waals surface area (Å²) in [5, 5.41) is 18.2. The fourth-order valence-electron chi connectivity index (χ4n) is 2.16. The zero-order valence-corrected chi connectivity index (χ0v) is 15.8. The first-order chi connectivity index (χ1) is 11.9. The molecule has 1 aromatic carbocycles. The lowest BCUT2D eigenvalue weighted by atomic mass is 10.2. The van der Waals surface area contributed by atoms with Gasteiger partial charge in [-0.1, -0.05) is 0 Å². The maximum Gasteiger partial charge on any atom is 0.286 e. The number of β-amino-alcohol motifs (C(OH)–C–C–N with tert-alkyl or cyclic N) is 1. The van der Waals surface area contributed by atoms with E-state index in [4.69, 9.17) is 4.84 Å². The molecule has 1 aromatic rings. The van der Waals surface area contributed by atoms with E-state index in [9.17, 15) is 19.1 Å². The molecule has 136 valence electrons. The molecule has 10 heteroatoms. The number of amides is 2. The molecule has 25 heavy (non-hydrogen) atoms. The zero-order chi connectivity index (χ0) is 18.6. The Morgan fingerprint density at radius 1 is 1.36 bits per heavy atom. The number of hydroxylamine groups is 2. The molecular weight excluding hydrogens is 446 g/mol. The van der Waals surface area contributed by atoms with E-state index in [0.29, 0.717) is 3.57 Å². The van der Waals surface area contributed by atoms with Gasteiger partial charge in [-0.05, 0) is 40.8 Å². The SMILES string of the molecule is CNC(=O)/C(C(=O)N1CC(O)CO1)=C(\NC)Nc1ccc(I)cc1F. The van der Waals surface area contributed by atoms with E-state index >= 15 is 0 Å². The number of nitrogens with one attached hydrogen (secondary N) is 3. The van der Waals surface area contributed by atoms with E-state index < -0.39 is 23.7 Å². The van der Waals surface area contributed by atoms with Gasteiger partial charge in [0.15, 0.2) is 0 Å². The Morgan fingerprint density at radius 3 is 2.60 bits per heavy atom. The van der Waals surface area contributed by atoms with Gasteiger partial charge >= 0.3 is 0 Å². The summed E-state index contributed by atoms with van der Waals surface area (Å²) in [7, 11) is 2.86. The molecule has 1 atom stereocenters. The van der Waals surface area contributed by atoms with Crippen LogP contribution in [0.5, 0.6) is 0 Å². The largest absolute Gasteiger partial charge is 0.389 e. The summed E-state index contributed by atoms with van der Waals surface area (Å²) in [5.41, 5.74) is -0.196. The van der Waals surface area contributed by atoms with Crippen LogP contribution in [-0.2, 0) is 14.4 Å². The fraction of sp³-hybridized carbons (Fsp3) is 0.333. The molecule has 1 fully saturated rings. The van der Waals surface area contributed by atoms with Gasteiger partial charge in [0.25, 0.3) is 11.8 Å². The average molecular weight is 464 g/mol. The second-order valence-electron chi connectivity index (χ2n) is 5.14. The zero-order valence-electron chi connectivity index (χ0n) is 13.6. The molecule has 1 heterocycles. The van der Waals surface area contributed by atoms with Crippen LogP contribution in [0.3, 0.4) is 0 Å². The predicted octanol–water partition coefficient (Wildman–Crippen LogP) is 0.154. The van der Waals surface area contributed by atoms with E-state index in [1.165, 1.54) is 26.2 Å². The summed E-state index contributed by atoms with van der Waals surface area (Å²) in [6, 6.07) is 4.49. The molecule has 2 rings (SSSR count). The molecule has 0 bridgehead atoms. The first kappa shape index (κ1) is 19.4. The number of likely N-dealkylation sites (N-methyl/N-ethyl adjacent to an activating group) is 1. The molecule has 0 spiro atoms. The Kier molecular flexibility index (Phi) is 6.56. The predicted molar refractivity (Wildman–Crippen MR) is 96.6 cm³/mol. The van der Waals surface area contributed by atoms with E-state index in [-0.39, 0.29) is 30.2 Å². The van der Waals surface area contributed by atoms with Gasteiger partial charge in [-0.15, -0.1) is 0 Å². The first-order valence-electron chi connectivity index (χ1n) is 7.36. The molecule has 4 N–H and O–H groups in total. The molecule has 0 aromatic heterocycles. The van der Waals surface area contributed by atoms with Gasteiger partial charge in [-0.2, -0.15) is 0 Å². The number of carbonyl (C=O) groups excluding carboxylic acids is 2. The molecule has 1 aliphatic heterocycles. The molecule has 0 saturated carbocycles. The fourth-order valence-corrected chi connectivity index (χ4v) is 2.61. The Hall–Kier alpha value is -1.92. The molecule has 0 aliphatic carbocycles. The first-order valence-corrected chi connectivity index (χ1v) is 8.44. The number of aliphatic hydroxyl groups excluding tert-OH is 1. The number of halogens is 2. The van der Waals surface area contributed by atoms with Crippen LogP contribution in [-0.4, -0.2) is 55.3 Å². The smallest absolute Gasteiger partial charge is 0.286 e. The second-order valence-corrected chi connectivity index (χ2v) is 6.39. The van der Waals surface area contributed by atoms with Crippen LogP contribution in [0.25, 0.3) is 0 Å². The van der Waals surface area contributed by atoms with Crippen molar-refractivity contribution in [1.82, 2.24) is 15.7 Å². The van der Waals surface area contributed by atoms with Gasteiger partial charge in [0.1, 0.15) is 29.9 Å². The van der Waals surface area contributed by atoms with Gasteiger partial charge in [0.05, 0.1) is 12.2 Å². The van der Waals surface area contributed by atoms with Crippen LogP contribution in [0.15, 0.2) is 29.6 Å². The summed E-state index contributed by atoms with van der Waals surface area (Å²) in [6.07, 6.45) is -0.825. The number of aliphatic hydroxyl groups is 1. The lowest BCUT2D eigenvalue weighted by molar-refractivity contribution is -0.164. The highest BCUT2D eigenvalue weighted by Crippen LogP contribution is 2.20. The quantitative estimate of drug-likeness (QED) is 0.214. The minimum atomic E-state index is -0.825. The topological polar surface area (TPSA) is 103 Å². The number of anilines is 1. The lowest BCUT2D eigenvalue weighted by Gasteiger charge is -2.20. The third-order valence-corrected chi connectivity index (χ3v) is 4.06. The number of hydrogen-bond donors (Lipinski definition) is 4. The molecule has 8 nitrogen and oxygen atoms in total. The highest BCUT2D eigenvalue weighted by molar-refractivity contribution is 14.1. The minimum Gasteiger partial charge on any atom is -0.389 e. The number of carbonyl (C=O) groups is 2. The lowest BCUT2D eigenvalue weighted by Crippen LogP contribution is -2.39. The van der Waals surface area contributed by atoms with E-state index in [2.05, 4.69) is 16.0 Å². The standard InChI is InChI=1S/C15H18FIN4O4/c1-18-13(20-11-4-3-8(17)5-10(11)16)12(14(23)19-2)15(24)21-6-9(22)7-25-21/h3-5,9,18,20,22H,6-7H2,1-2H3,(H,19,23)/b13-12-. The molecule has 1 aliphatic rings. The van der Waals surface area contributed by atoms with Crippen molar-refractivity contribution in [2.45, 2.75) is 6.10 Å². The maximum atomic E-state index is 14.1. The Balaban J connectivity index is 2.39. The Morgan fingerprint density at radius 2 is 2.08 bits per heavy atom. The highest BCUT2D eigenvalue weighted by Gasteiger charge is 2.33. The number of hydrogen-bond acceptors (Lipinski definition) is 6. The van der Waals surface area contributed by atoms with E-state index in [1.807, 2.05) is 22.6 Å². The van der Waals surface area contributed by atoms with Crippen molar-refractivity contribution in [2.75, 3.05) is 32.6 Å². The number of rotatable bonds is 5. The third-order valence-electron chi connectivity index (χ3n) is 3.38. The van der Waals surface area contributed by atoms with Crippen LogP contribution in [0.1, 0.15) is 0 Å². The monoisotopic (exact) mass is 464 g/mol. The maximum absolute atomic E-state index is 14.1. The van der Waals surface area contributed by atoms with Crippen molar-refractivity contribution in [3.05, 3.63) is 39.0 Å². The number of benzene rings is 1. The minimum absolute atomic E-state index is 0.00875. The summed E-state index contributed by atoms with van der Waals surface area (Å²) in [6.45, 7) is -0.102. The van der Waals surface area contributed by atoms with Crippen molar-refractivity contribution < 1.29 is 23.9 Å². The van der Waals surface area contributed by atoms with Gasteiger partial charge in [-0.3, -0.25) is 14.4 Å². The van der Waals surface area contributed by atoms with E-state index in [1.54, 1.807) is 6.07 Å². The molecule has 1 unspecified atom stereocenters. The summed E-state index contributed by atoms with van der Waals surface area (Å²) in [4.78, 5) is 29.9. The van der Waals surface area contributed by atoms with Gasteiger partial charge in [0, 0.05) is 17.7 Å². The van der Waals surface area contributed by atoms with Crippen LogP contribution in [0.4, 0.5) is 10.1 Å². The normalized spacial score (nSPS) is 17.8. The summed E-state index contributed by atoms with van der Waals surface area (Å²) < 4.78 is 14.8. The van der Waals surface area contributed by atoms with Crippen LogP contribution >= 0.6 is 22.6 Å². The Bertz CT molecular complexity index is 713. The molecule has 0 radical (unpaired) electrons. The molecule has 2 amide bonds. The van der Waals surface area contributed by atoms with Gasteiger partial charge in [-0.25, -0.2) is 9.45 Å². The van der Waals surface area contributed by atoms with Crippen LogP contribution in [0, 0.1) is 9.39 Å². The molecular formula is C15H18FIN4O4. The second kappa shape index (κ2) is 8.45. The van der Waals surface area contributed by atoms with E-state index in [0.717, 1.165) is 5.06 Å². The van der Waals surface area contributed by atoms with Crippen molar-refractivity contribution in [1.29, 1.82) is 0 Å². The van der Waals surface area contributed by atoms with Crippen LogP contribution < -0.4 is 16.0 Å². The van der Waals surface area contributed by atoms with Gasteiger partial charge < -0.3 is 21.1 Å². The average Bonchev–Trinajstić information content (AvgIpc) is 3.02. The summed E-state index contributed by atoms with van der Waals surface area (Å²) >= 11 is 1.97. The van der Waals surface area contributed by atoms with Gasteiger partial charge in [0.2, 0.25) is 0 Å². The third kappa shape index (κ3) is 4.58. The number of nitrogens with zero attached hydrogens (tertiary/aromatic N) is 1. The van der Waals surface area contributed by atoms with Crippen molar-refractivity contribution in [3.63, 3.8) is 0 Å². The molecule has 1 saturated heterocycles. The van der Waals surface area contributed by atoms with Crippen molar-refractivity contribution in [3.8, 4) is 0 Å².